The minimum Gasteiger partial charge on any atom is -0.468 e. The van der Waals surface area contributed by atoms with Gasteiger partial charge in [-0.2, -0.15) is 0 Å². The van der Waals surface area contributed by atoms with Crippen LogP contribution in [-0.2, 0) is 39.4 Å². The number of rotatable bonds is 6. The molecular formula is C25H26N2O6. The van der Waals surface area contributed by atoms with Crippen LogP contribution in [0, 0.1) is 0 Å². The Kier molecular flexibility index (Phi) is 5.22. The van der Waals surface area contributed by atoms with Crippen molar-refractivity contribution in [3.63, 3.8) is 0 Å². The van der Waals surface area contributed by atoms with Crippen LogP contribution in [0.4, 0.5) is 0 Å². The summed E-state index contributed by atoms with van der Waals surface area (Å²) in [6.07, 6.45) is 1.86. The lowest BCUT2D eigenvalue weighted by Gasteiger charge is -2.31. The number of benzene rings is 1. The molecule has 1 N–H and O–H groups in total. The second-order valence-electron chi connectivity index (χ2n) is 8.50. The van der Waals surface area contributed by atoms with Gasteiger partial charge >= 0.3 is 5.97 Å². The molecule has 0 spiro atoms. The number of aromatic nitrogens is 2. The number of carbonyl (C=O) groups is 1. The smallest absolute Gasteiger partial charge is 0.343 e. The molecular weight excluding hydrogens is 424 g/mol. The Labute approximate surface area is 190 Å². The zero-order valence-corrected chi connectivity index (χ0v) is 18.9. The molecule has 0 saturated carbocycles. The number of aliphatic hydroxyl groups is 1. The first-order valence-corrected chi connectivity index (χ1v) is 11.2. The first-order chi connectivity index (χ1) is 15.9. The molecule has 2 aliphatic rings. The van der Waals surface area contributed by atoms with Crippen LogP contribution in [0.3, 0.4) is 0 Å². The molecule has 0 fully saturated rings. The number of cyclic esters (lactones) is 1. The number of pyridine rings is 2. The summed E-state index contributed by atoms with van der Waals surface area (Å²) in [5.41, 5.74) is 2.81. The predicted octanol–water partition coefficient (Wildman–Crippen LogP) is 3.01. The topological polar surface area (TPSA) is 99.9 Å². The van der Waals surface area contributed by atoms with E-state index in [0.29, 0.717) is 34.8 Å². The first kappa shape index (κ1) is 21.6. The molecule has 4 heterocycles. The summed E-state index contributed by atoms with van der Waals surface area (Å²) in [6, 6.07) is 7.46. The minimum atomic E-state index is -1.83. The van der Waals surface area contributed by atoms with Crippen molar-refractivity contribution in [1.29, 1.82) is 0 Å². The van der Waals surface area contributed by atoms with Crippen LogP contribution in [0.1, 0.15) is 48.9 Å². The highest BCUT2D eigenvalue weighted by Gasteiger charge is 2.45. The van der Waals surface area contributed by atoms with E-state index in [-0.39, 0.29) is 25.4 Å². The average Bonchev–Trinajstić information content (AvgIpc) is 3.19. The maximum absolute atomic E-state index is 13.4. The van der Waals surface area contributed by atoms with E-state index in [9.17, 15) is 14.7 Å². The molecule has 33 heavy (non-hydrogen) atoms. The van der Waals surface area contributed by atoms with E-state index in [1.54, 1.807) is 24.7 Å². The van der Waals surface area contributed by atoms with Crippen molar-refractivity contribution in [3.05, 3.63) is 56.9 Å². The number of hydrogen-bond acceptors (Lipinski definition) is 7. The summed E-state index contributed by atoms with van der Waals surface area (Å²) in [6.45, 7) is 4.21. The van der Waals surface area contributed by atoms with E-state index in [1.807, 2.05) is 18.2 Å². The van der Waals surface area contributed by atoms with Gasteiger partial charge in [0.05, 0.1) is 29.0 Å². The normalized spacial score (nSPS) is 18.6. The van der Waals surface area contributed by atoms with Gasteiger partial charge in [-0.3, -0.25) is 4.79 Å². The van der Waals surface area contributed by atoms with Gasteiger partial charge in [-0.15, -0.1) is 0 Å². The van der Waals surface area contributed by atoms with Crippen LogP contribution in [-0.4, -0.2) is 34.5 Å². The van der Waals surface area contributed by atoms with Gasteiger partial charge in [-0.1, -0.05) is 20.3 Å². The average molecular weight is 450 g/mol. The second-order valence-corrected chi connectivity index (χ2v) is 8.50. The zero-order chi connectivity index (χ0) is 23.3. The number of aryl methyl sites for hydroxylation is 1. The van der Waals surface area contributed by atoms with Crippen molar-refractivity contribution in [3.8, 4) is 17.1 Å². The Morgan fingerprint density at radius 3 is 2.76 bits per heavy atom. The van der Waals surface area contributed by atoms with Crippen molar-refractivity contribution in [2.24, 2.45) is 0 Å². The van der Waals surface area contributed by atoms with E-state index < -0.39 is 11.6 Å². The van der Waals surface area contributed by atoms with E-state index in [0.717, 1.165) is 34.9 Å². The lowest BCUT2D eigenvalue weighted by molar-refractivity contribution is -0.172. The quantitative estimate of drug-likeness (QED) is 0.356. The van der Waals surface area contributed by atoms with E-state index in [1.165, 1.54) is 0 Å². The largest absolute Gasteiger partial charge is 0.468 e. The minimum absolute atomic E-state index is 0.116. The highest BCUT2D eigenvalue weighted by molar-refractivity contribution is 5.90. The molecule has 2 aromatic heterocycles. The van der Waals surface area contributed by atoms with Gasteiger partial charge in [0.15, 0.2) is 12.4 Å². The summed E-state index contributed by atoms with van der Waals surface area (Å²) in [4.78, 5) is 30.7. The molecule has 2 aliphatic heterocycles. The summed E-state index contributed by atoms with van der Waals surface area (Å²) in [5.74, 6) is -0.0305. The van der Waals surface area contributed by atoms with Crippen LogP contribution in [0.15, 0.2) is 29.1 Å². The maximum Gasteiger partial charge on any atom is 0.343 e. The van der Waals surface area contributed by atoms with Gasteiger partial charge < -0.3 is 23.9 Å². The number of hydrogen-bond donors (Lipinski definition) is 1. The van der Waals surface area contributed by atoms with Crippen molar-refractivity contribution < 1.29 is 24.1 Å². The van der Waals surface area contributed by atoms with Crippen LogP contribution in [0.5, 0.6) is 5.75 Å². The fourth-order valence-electron chi connectivity index (χ4n) is 4.89. The lowest BCUT2D eigenvalue weighted by atomic mass is 9.86. The molecule has 0 unspecified atom stereocenters. The third-order valence-electron chi connectivity index (χ3n) is 6.62. The lowest BCUT2D eigenvalue weighted by Crippen LogP contribution is -2.44. The van der Waals surface area contributed by atoms with Gasteiger partial charge in [0.2, 0.25) is 0 Å². The standard InChI is InChI=1S/C25H26N2O6/c1-4-6-15-16-9-14(33-13-31-3)7-8-20(16)26-22-17(15)11-27-21(22)10-19-18(23(27)28)12-32-24(29)25(19,30)5-2/h7-10,30H,4-6,11-13H2,1-3H3/t25-/m0/s1. The Morgan fingerprint density at radius 1 is 1.21 bits per heavy atom. The Hall–Kier alpha value is -3.23. The van der Waals surface area contributed by atoms with Crippen LogP contribution >= 0.6 is 0 Å². The Bertz CT molecular complexity index is 1350. The van der Waals surface area contributed by atoms with E-state index in [2.05, 4.69) is 6.92 Å². The third kappa shape index (κ3) is 3.16. The molecule has 0 saturated heterocycles. The van der Waals surface area contributed by atoms with E-state index >= 15 is 0 Å². The number of carbonyl (C=O) groups excluding carboxylic acids is 1. The zero-order valence-electron chi connectivity index (χ0n) is 18.9. The summed E-state index contributed by atoms with van der Waals surface area (Å²) in [5, 5.41) is 12.0. The van der Waals surface area contributed by atoms with Gasteiger partial charge in [-0.25, -0.2) is 9.78 Å². The Morgan fingerprint density at radius 2 is 2.03 bits per heavy atom. The summed E-state index contributed by atoms with van der Waals surface area (Å²) >= 11 is 0. The van der Waals surface area contributed by atoms with Crippen LogP contribution in [0.25, 0.3) is 22.3 Å². The number of fused-ring (bicyclic) bond motifs is 5. The fraction of sp³-hybridized carbons (Fsp3) is 0.400. The van der Waals surface area contributed by atoms with E-state index in [4.69, 9.17) is 19.2 Å². The number of methoxy groups -OCH3 is 1. The third-order valence-corrected chi connectivity index (χ3v) is 6.62. The van der Waals surface area contributed by atoms with Crippen LogP contribution in [0.2, 0.25) is 0 Å². The molecule has 0 bridgehead atoms. The first-order valence-electron chi connectivity index (χ1n) is 11.2. The second kappa shape index (κ2) is 7.97. The SMILES string of the molecule is CCCc1c2c(nc3ccc(OCOC)cc13)-c1cc3c(c(=O)n1C2)COC(=O)[C@]3(O)CC. The number of esters is 1. The molecule has 0 amide bonds. The molecule has 8 nitrogen and oxygen atoms in total. The molecule has 8 heteroatoms. The predicted molar refractivity (Wildman–Crippen MR) is 121 cm³/mol. The molecule has 1 atom stereocenters. The van der Waals surface area contributed by atoms with Crippen molar-refractivity contribution in [1.82, 2.24) is 9.55 Å². The maximum atomic E-state index is 13.4. The number of ether oxygens (including phenoxy) is 3. The molecule has 0 radical (unpaired) electrons. The van der Waals surface area contributed by atoms with Gasteiger partial charge in [-0.05, 0) is 42.7 Å². The number of nitrogens with zero attached hydrogens (tertiary/aromatic N) is 2. The van der Waals surface area contributed by atoms with Gasteiger partial charge in [0.25, 0.3) is 5.56 Å². The summed E-state index contributed by atoms with van der Waals surface area (Å²) in [7, 11) is 1.57. The van der Waals surface area contributed by atoms with Crippen molar-refractivity contribution in [2.75, 3.05) is 13.9 Å². The molecule has 172 valence electrons. The monoisotopic (exact) mass is 450 g/mol. The highest BCUT2D eigenvalue weighted by Crippen LogP contribution is 2.40. The van der Waals surface area contributed by atoms with Gasteiger partial charge in [0.1, 0.15) is 12.4 Å². The molecule has 1 aromatic carbocycles. The van der Waals surface area contributed by atoms with Gasteiger partial charge in [0, 0.05) is 23.6 Å². The molecule has 0 aliphatic carbocycles. The molecule has 5 rings (SSSR count). The van der Waals surface area contributed by atoms with Crippen LogP contribution < -0.4 is 10.3 Å². The highest BCUT2D eigenvalue weighted by atomic mass is 16.7. The van der Waals surface area contributed by atoms with Crippen molar-refractivity contribution >= 4 is 16.9 Å². The molecule has 3 aromatic rings. The fourth-order valence-corrected chi connectivity index (χ4v) is 4.89. The summed E-state index contributed by atoms with van der Waals surface area (Å²) < 4.78 is 17.5. The van der Waals surface area contributed by atoms with Crippen molar-refractivity contribution in [2.45, 2.75) is 51.9 Å². The Balaban J connectivity index is 1.74.